The van der Waals surface area contributed by atoms with Gasteiger partial charge >= 0.3 is 0 Å². The average molecular weight is 206 g/mol. The van der Waals surface area contributed by atoms with Crippen LogP contribution in [0.25, 0.3) is 0 Å². The molecular formula is C9H10N4O2. The summed E-state index contributed by atoms with van der Waals surface area (Å²) in [5, 5.41) is 7.14. The number of nitrogens with two attached hydrogens (primary N) is 2. The van der Waals surface area contributed by atoms with Gasteiger partial charge in [-0.25, -0.2) is 0 Å². The zero-order valence-electron chi connectivity index (χ0n) is 7.83. The van der Waals surface area contributed by atoms with E-state index in [1.807, 2.05) is 0 Å². The molecule has 2 amide bonds. The zero-order chi connectivity index (χ0) is 11.3. The molecule has 0 unspecified atom stereocenters. The normalized spacial score (nSPS) is 10.7. The third-order valence-corrected chi connectivity index (χ3v) is 1.58. The van der Waals surface area contributed by atoms with Crippen LogP contribution in [0.5, 0.6) is 0 Å². The maximum atomic E-state index is 10.7. The molecule has 0 aliphatic heterocycles. The van der Waals surface area contributed by atoms with E-state index in [-0.39, 0.29) is 0 Å². The smallest absolute Gasteiger partial charge is 0.253 e. The second-order valence-corrected chi connectivity index (χ2v) is 2.76. The molecule has 0 aliphatic carbocycles. The van der Waals surface area contributed by atoms with Gasteiger partial charge in [0.1, 0.15) is 0 Å². The van der Waals surface area contributed by atoms with Crippen molar-refractivity contribution in [2.45, 2.75) is 6.04 Å². The van der Waals surface area contributed by atoms with Crippen LogP contribution >= 0.6 is 0 Å². The summed E-state index contributed by atoms with van der Waals surface area (Å²) < 4.78 is 0. The molecule has 15 heavy (non-hydrogen) atoms. The van der Waals surface area contributed by atoms with Gasteiger partial charge in [0.25, 0.3) is 11.8 Å². The molecule has 1 rings (SSSR count). The highest BCUT2D eigenvalue weighted by Crippen LogP contribution is 2.10. The van der Waals surface area contributed by atoms with Crippen molar-refractivity contribution in [3.8, 4) is 0 Å². The molecule has 0 spiro atoms. The van der Waals surface area contributed by atoms with E-state index < -0.39 is 17.9 Å². The van der Waals surface area contributed by atoms with Crippen LogP contribution in [-0.2, 0) is 9.59 Å². The summed E-state index contributed by atoms with van der Waals surface area (Å²) >= 11 is 0. The SMILES string of the molecule is NC(=O)C(N=Nc1ccccc1)C(N)=O. The lowest BCUT2D eigenvalue weighted by molar-refractivity contribution is -0.127. The highest BCUT2D eigenvalue weighted by Gasteiger charge is 2.20. The van der Waals surface area contributed by atoms with Gasteiger partial charge in [-0.05, 0) is 12.1 Å². The quantitative estimate of drug-likeness (QED) is 0.538. The Morgan fingerprint density at radius 3 is 2.07 bits per heavy atom. The molecule has 0 saturated carbocycles. The Bertz CT molecular complexity index is 374. The van der Waals surface area contributed by atoms with Crippen molar-refractivity contribution in [3.63, 3.8) is 0 Å². The number of benzene rings is 1. The molecule has 78 valence electrons. The number of carbonyl (C=O) groups is 2. The number of hydrogen-bond donors (Lipinski definition) is 2. The van der Waals surface area contributed by atoms with Gasteiger partial charge in [-0.1, -0.05) is 18.2 Å². The molecular weight excluding hydrogens is 196 g/mol. The second kappa shape index (κ2) is 4.85. The predicted molar refractivity (Wildman–Crippen MR) is 53.1 cm³/mol. The fourth-order valence-corrected chi connectivity index (χ4v) is 0.873. The van der Waals surface area contributed by atoms with E-state index in [0.29, 0.717) is 5.69 Å². The van der Waals surface area contributed by atoms with Crippen molar-refractivity contribution >= 4 is 17.5 Å². The van der Waals surface area contributed by atoms with Crippen LogP contribution in [0, 0.1) is 0 Å². The van der Waals surface area contributed by atoms with Gasteiger partial charge in [0.2, 0.25) is 6.04 Å². The van der Waals surface area contributed by atoms with E-state index in [0.717, 1.165) is 0 Å². The maximum absolute atomic E-state index is 10.7. The molecule has 0 heterocycles. The number of carbonyl (C=O) groups excluding carboxylic acids is 2. The second-order valence-electron chi connectivity index (χ2n) is 2.76. The van der Waals surface area contributed by atoms with E-state index in [1.54, 1.807) is 30.3 Å². The summed E-state index contributed by atoms with van der Waals surface area (Å²) in [5.74, 6) is -1.83. The van der Waals surface area contributed by atoms with Gasteiger partial charge < -0.3 is 11.5 Å². The topological polar surface area (TPSA) is 111 Å². The minimum Gasteiger partial charge on any atom is -0.367 e. The number of nitrogens with zero attached hydrogens (tertiary/aromatic N) is 2. The van der Waals surface area contributed by atoms with Gasteiger partial charge in [0.05, 0.1) is 5.69 Å². The van der Waals surface area contributed by atoms with Gasteiger partial charge in [-0.3, -0.25) is 9.59 Å². The van der Waals surface area contributed by atoms with Crippen molar-refractivity contribution in [2.75, 3.05) is 0 Å². The molecule has 0 radical (unpaired) electrons. The summed E-state index contributed by atoms with van der Waals surface area (Å²) in [5.41, 5.74) is 10.3. The largest absolute Gasteiger partial charge is 0.367 e. The van der Waals surface area contributed by atoms with Crippen LogP contribution in [0.15, 0.2) is 40.6 Å². The first kappa shape index (κ1) is 10.8. The number of rotatable bonds is 4. The lowest BCUT2D eigenvalue weighted by Gasteiger charge is -2.00. The van der Waals surface area contributed by atoms with Gasteiger partial charge in [-0.2, -0.15) is 10.2 Å². The summed E-state index contributed by atoms with van der Waals surface area (Å²) in [7, 11) is 0. The van der Waals surface area contributed by atoms with E-state index in [4.69, 9.17) is 11.5 Å². The summed E-state index contributed by atoms with van der Waals surface area (Å²) in [6.45, 7) is 0. The molecule has 6 nitrogen and oxygen atoms in total. The monoisotopic (exact) mass is 206 g/mol. The van der Waals surface area contributed by atoms with Crippen LogP contribution in [0.2, 0.25) is 0 Å². The number of azo groups is 1. The van der Waals surface area contributed by atoms with E-state index >= 15 is 0 Å². The summed E-state index contributed by atoms with van der Waals surface area (Å²) in [6, 6.07) is 7.23. The molecule has 0 atom stereocenters. The van der Waals surface area contributed by atoms with Crippen LogP contribution < -0.4 is 11.5 Å². The Balaban J connectivity index is 2.79. The first-order valence-corrected chi connectivity index (χ1v) is 4.16. The fourth-order valence-electron chi connectivity index (χ4n) is 0.873. The van der Waals surface area contributed by atoms with Crippen molar-refractivity contribution < 1.29 is 9.59 Å². The van der Waals surface area contributed by atoms with Crippen molar-refractivity contribution in [2.24, 2.45) is 21.7 Å². The molecule has 0 saturated heterocycles. The fraction of sp³-hybridized carbons (Fsp3) is 0.111. The van der Waals surface area contributed by atoms with Gasteiger partial charge in [0, 0.05) is 0 Å². The molecule has 0 bridgehead atoms. The first-order valence-electron chi connectivity index (χ1n) is 4.16. The first-order chi connectivity index (χ1) is 7.11. The third kappa shape index (κ3) is 3.18. The molecule has 0 aliphatic rings. The Kier molecular flexibility index (Phi) is 3.50. The van der Waals surface area contributed by atoms with Crippen LogP contribution in [-0.4, -0.2) is 17.9 Å². The van der Waals surface area contributed by atoms with Crippen LogP contribution in [0.4, 0.5) is 5.69 Å². The molecule has 6 heteroatoms. The molecule has 4 N–H and O–H groups in total. The Morgan fingerprint density at radius 1 is 1.07 bits per heavy atom. The zero-order valence-corrected chi connectivity index (χ0v) is 7.83. The Hall–Kier alpha value is -2.24. The molecule has 1 aromatic carbocycles. The minimum absolute atomic E-state index is 0.519. The standard InChI is InChI=1S/C9H10N4O2/c10-8(14)7(9(11)15)13-12-6-4-2-1-3-5-6/h1-5,7H,(H2,10,14)(H2,11,15). The van der Waals surface area contributed by atoms with Crippen molar-refractivity contribution in [3.05, 3.63) is 30.3 Å². The van der Waals surface area contributed by atoms with Gasteiger partial charge in [-0.15, -0.1) is 0 Å². The highest BCUT2D eigenvalue weighted by molar-refractivity contribution is 6.03. The summed E-state index contributed by atoms with van der Waals surface area (Å²) in [6.07, 6.45) is 0. The van der Waals surface area contributed by atoms with E-state index in [9.17, 15) is 9.59 Å². The lowest BCUT2D eigenvalue weighted by Crippen LogP contribution is -2.38. The van der Waals surface area contributed by atoms with Crippen molar-refractivity contribution in [1.82, 2.24) is 0 Å². The highest BCUT2D eigenvalue weighted by atomic mass is 16.2. The number of hydrogen-bond acceptors (Lipinski definition) is 4. The Morgan fingerprint density at radius 2 is 1.60 bits per heavy atom. The molecule has 0 aromatic heterocycles. The van der Waals surface area contributed by atoms with Crippen molar-refractivity contribution in [1.29, 1.82) is 0 Å². The van der Waals surface area contributed by atoms with Gasteiger partial charge in [0.15, 0.2) is 0 Å². The maximum Gasteiger partial charge on any atom is 0.253 e. The van der Waals surface area contributed by atoms with Crippen LogP contribution in [0.3, 0.4) is 0 Å². The number of primary amides is 2. The van der Waals surface area contributed by atoms with E-state index in [2.05, 4.69) is 10.2 Å². The van der Waals surface area contributed by atoms with E-state index in [1.165, 1.54) is 0 Å². The summed E-state index contributed by atoms with van der Waals surface area (Å²) in [4.78, 5) is 21.5. The Labute approximate surface area is 86.0 Å². The average Bonchev–Trinajstić information content (AvgIpc) is 2.18. The number of amides is 2. The van der Waals surface area contributed by atoms with Crippen LogP contribution in [0.1, 0.15) is 0 Å². The molecule has 0 fully saturated rings. The molecule has 1 aromatic rings. The lowest BCUT2D eigenvalue weighted by atomic mass is 10.3. The predicted octanol–water partition coefficient (Wildman–Crippen LogP) is 0.109. The minimum atomic E-state index is -1.41. The third-order valence-electron chi connectivity index (χ3n) is 1.58.